The Morgan fingerprint density at radius 1 is 1.19 bits per heavy atom. The van der Waals surface area contributed by atoms with Crippen molar-refractivity contribution in [1.29, 1.82) is 0 Å². The van der Waals surface area contributed by atoms with Crippen LogP contribution >= 0.6 is 0 Å². The quantitative estimate of drug-likeness (QED) is 0.690. The number of nitrogens with zero attached hydrogens (tertiary/aromatic N) is 4. The Labute approximate surface area is 156 Å². The highest BCUT2D eigenvalue weighted by Crippen LogP contribution is 2.31. The van der Waals surface area contributed by atoms with Gasteiger partial charge in [-0.3, -0.25) is 4.79 Å². The number of aryl methyl sites for hydroxylation is 1. The second-order valence-electron chi connectivity index (χ2n) is 7.53. The minimum absolute atomic E-state index is 0.216. The SMILES string of the molecule is Cc1ccc(-c2nc(CC(=O)C3CC3)cc3nc(C4CCOCC4)nn23)o1. The van der Waals surface area contributed by atoms with Crippen LogP contribution in [0.15, 0.2) is 22.6 Å². The van der Waals surface area contributed by atoms with Gasteiger partial charge in [0.15, 0.2) is 23.1 Å². The summed E-state index contributed by atoms with van der Waals surface area (Å²) in [4.78, 5) is 21.8. The van der Waals surface area contributed by atoms with Crippen LogP contribution in [0.3, 0.4) is 0 Å². The van der Waals surface area contributed by atoms with Crippen LogP contribution in [0.25, 0.3) is 17.2 Å². The molecule has 1 saturated heterocycles. The molecule has 7 heteroatoms. The molecule has 27 heavy (non-hydrogen) atoms. The molecule has 3 aromatic heterocycles. The van der Waals surface area contributed by atoms with Crippen molar-refractivity contribution in [3.8, 4) is 11.6 Å². The molecule has 0 bridgehead atoms. The van der Waals surface area contributed by atoms with Crippen molar-refractivity contribution in [3.63, 3.8) is 0 Å². The summed E-state index contributed by atoms with van der Waals surface area (Å²) in [6.07, 6.45) is 4.20. The average molecular weight is 366 g/mol. The van der Waals surface area contributed by atoms with E-state index in [2.05, 4.69) is 0 Å². The van der Waals surface area contributed by atoms with Crippen LogP contribution in [0.2, 0.25) is 0 Å². The molecule has 140 valence electrons. The lowest BCUT2D eigenvalue weighted by atomic mass is 10.00. The van der Waals surface area contributed by atoms with Crippen molar-refractivity contribution in [3.05, 3.63) is 35.5 Å². The second-order valence-corrected chi connectivity index (χ2v) is 7.53. The highest BCUT2D eigenvalue weighted by molar-refractivity contribution is 5.85. The predicted molar refractivity (Wildman–Crippen MR) is 97.5 cm³/mol. The summed E-state index contributed by atoms with van der Waals surface area (Å²) in [5, 5.41) is 4.73. The number of aromatic nitrogens is 4. The molecular weight excluding hydrogens is 344 g/mol. The number of ether oxygens (including phenoxy) is 1. The van der Waals surface area contributed by atoms with Crippen molar-refractivity contribution in [2.24, 2.45) is 5.92 Å². The number of rotatable bonds is 5. The third kappa shape index (κ3) is 3.27. The molecular formula is C20H22N4O3. The van der Waals surface area contributed by atoms with Gasteiger partial charge in [-0.05, 0) is 44.7 Å². The third-order valence-electron chi connectivity index (χ3n) is 5.33. The van der Waals surface area contributed by atoms with Crippen LogP contribution in [0, 0.1) is 12.8 Å². The first kappa shape index (κ1) is 16.6. The normalized spacial score (nSPS) is 18.3. The number of carbonyl (C=O) groups is 1. The number of hydrogen-bond acceptors (Lipinski definition) is 6. The standard InChI is InChI=1S/C20H22N4O3/c1-12-2-5-17(27-12)20-21-15(10-16(25)13-3-4-13)11-18-22-19(23-24(18)20)14-6-8-26-9-7-14/h2,5,11,13-14H,3-4,6-10H2,1H3. The topological polar surface area (TPSA) is 82.5 Å². The Bertz CT molecular complexity index is 996. The van der Waals surface area contributed by atoms with E-state index < -0.39 is 0 Å². The van der Waals surface area contributed by atoms with E-state index in [1.807, 2.05) is 25.1 Å². The van der Waals surface area contributed by atoms with Gasteiger partial charge in [0.25, 0.3) is 0 Å². The third-order valence-corrected chi connectivity index (χ3v) is 5.33. The van der Waals surface area contributed by atoms with Crippen molar-refractivity contribution in [2.45, 2.75) is 44.9 Å². The summed E-state index contributed by atoms with van der Waals surface area (Å²) in [7, 11) is 0. The summed E-state index contributed by atoms with van der Waals surface area (Å²) in [6, 6.07) is 5.68. The number of ketones is 1. The van der Waals surface area contributed by atoms with E-state index in [1.54, 1.807) is 4.52 Å². The van der Waals surface area contributed by atoms with E-state index in [0.29, 0.717) is 29.6 Å². The van der Waals surface area contributed by atoms with Crippen LogP contribution in [-0.4, -0.2) is 38.6 Å². The Balaban J connectivity index is 1.58. The van der Waals surface area contributed by atoms with Gasteiger partial charge in [0.1, 0.15) is 11.5 Å². The van der Waals surface area contributed by atoms with Gasteiger partial charge in [-0.15, -0.1) is 5.10 Å². The lowest BCUT2D eigenvalue weighted by Gasteiger charge is -2.18. The van der Waals surface area contributed by atoms with Gasteiger partial charge in [0, 0.05) is 37.5 Å². The van der Waals surface area contributed by atoms with Gasteiger partial charge in [0.2, 0.25) is 0 Å². The zero-order valence-electron chi connectivity index (χ0n) is 15.4. The van der Waals surface area contributed by atoms with E-state index in [-0.39, 0.29) is 11.7 Å². The number of Topliss-reactive ketones (excluding diaryl/α,β-unsaturated/α-hetero) is 1. The lowest BCUT2D eigenvalue weighted by molar-refractivity contribution is -0.119. The zero-order valence-corrected chi connectivity index (χ0v) is 15.4. The van der Waals surface area contributed by atoms with E-state index >= 15 is 0 Å². The Morgan fingerprint density at radius 2 is 2.00 bits per heavy atom. The highest BCUT2D eigenvalue weighted by atomic mass is 16.5. The number of carbonyl (C=O) groups excluding carboxylic acids is 1. The van der Waals surface area contributed by atoms with Crippen LogP contribution in [-0.2, 0) is 16.0 Å². The van der Waals surface area contributed by atoms with Gasteiger partial charge >= 0.3 is 0 Å². The minimum atomic E-state index is 0.216. The molecule has 1 aliphatic heterocycles. The second kappa shape index (κ2) is 6.56. The smallest absolute Gasteiger partial charge is 0.199 e. The molecule has 1 aliphatic carbocycles. The molecule has 0 unspecified atom stereocenters. The lowest BCUT2D eigenvalue weighted by Crippen LogP contribution is -2.15. The number of furan rings is 1. The molecule has 0 N–H and O–H groups in total. The molecule has 2 aliphatic rings. The molecule has 3 aromatic rings. The summed E-state index contributed by atoms with van der Waals surface area (Å²) in [5.74, 6) is 3.64. The maximum absolute atomic E-state index is 12.3. The van der Waals surface area contributed by atoms with E-state index in [1.165, 1.54) is 0 Å². The number of hydrogen-bond donors (Lipinski definition) is 0. The minimum Gasteiger partial charge on any atom is -0.458 e. The zero-order chi connectivity index (χ0) is 18.4. The molecule has 0 atom stereocenters. The van der Waals surface area contributed by atoms with Crippen molar-refractivity contribution >= 4 is 11.4 Å². The molecule has 1 saturated carbocycles. The van der Waals surface area contributed by atoms with Gasteiger partial charge in [-0.2, -0.15) is 4.52 Å². The Kier molecular flexibility index (Phi) is 4.04. The largest absolute Gasteiger partial charge is 0.458 e. The van der Waals surface area contributed by atoms with Crippen molar-refractivity contribution in [1.82, 2.24) is 19.6 Å². The Morgan fingerprint density at radius 3 is 2.70 bits per heavy atom. The fourth-order valence-electron chi connectivity index (χ4n) is 3.62. The Hall–Kier alpha value is -2.54. The van der Waals surface area contributed by atoms with E-state index in [9.17, 15) is 4.79 Å². The molecule has 2 fully saturated rings. The molecule has 0 radical (unpaired) electrons. The molecule has 7 nitrogen and oxygen atoms in total. The summed E-state index contributed by atoms with van der Waals surface area (Å²) in [5.41, 5.74) is 1.45. The number of fused-ring (bicyclic) bond motifs is 1. The fraction of sp³-hybridized carbons (Fsp3) is 0.500. The van der Waals surface area contributed by atoms with Crippen LogP contribution in [0.4, 0.5) is 0 Å². The maximum Gasteiger partial charge on any atom is 0.199 e. The van der Waals surface area contributed by atoms with Gasteiger partial charge in [-0.25, -0.2) is 9.97 Å². The first-order chi connectivity index (χ1) is 13.2. The van der Waals surface area contributed by atoms with Gasteiger partial charge in [-0.1, -0.05) is 0 Å². The van der Waals surface area contributed by atoms with Gasteiger partial charge < -0.3 is 9.15 Å². The van der Waals surface area contributed by atoms with E-state index in [4.69, 9.17) is 24.2 Å². The summed E-state index contributed by atoms with van der Waals surface area (Å²) < 4.78 is 13.0. The van der Waals surface area contributed by atoms with E-state index in [0.717, 1.165) is 56.2 Å². The van der Waals surface area contributed by atoms with Crippen molar-refractivity contribution in [2.75, 3.05) is 13.2 Å². The molecule has 5 rings (SSSR count). The molecule has 0 aromatic carbocycles. The first-order valence-electron chi connectivity index (χ1n) is 9.61. The van der Waals surface area contributed by atoms with Gasteiger partial charge in [0.05, 0.1) is 5.69 Å². The summed E-state index contributed by atoms with van der Waals surface area (Å²) in [6.45, 7) is 3.38. The maximum atomic E-state index is 12.3. The average Bonchev–Trinajstić information content (AvgIpc) is 3.31. The molecule has 4 heterocycles. The highest BCUT2D eigenvalue weighted by Gasteiger charge is 2.30. The molecule has 0 amide bonds. The monoisotopic (exact) mass is 366 g/mol. The van der Waals surface area contributed by atoms with Crippen LogP contribution in [0.5, 0.6) is 0 Å². The van der Waals surface area contributed by atoms with Crippen LogP contribution in [0.1, 0.15) is 48.9 Å². The predicted octanol–water partition coefficient (Wildman–Crippen LogP) is 3.11. The van der Waals surface area contributed by atoms with Crippen molar-refractivity contribution < 1.29 is 13.9 Å². The molecule has 0 spiro atoms. The summed E-state index contributed by atoms with van der Waals surface area (Å²) >= 11 is 0. The first-order valence-corrected chi connectivity index (χ1v) is 9.61. The van der Waals surface area contributed by atoms with Crippen LogP contribution < -0.4 is 0 Å². The fourth-order valence-corrected chi connectivity index (χ4v) is 3.62.